The molecule has 2 aliphatic rings. The van der Waals surface area contributed by atoms with Crippen LogP contribution in [0.2, 0.25) is 0 Å². The number of hydrogen-bond acceptors (Lipinski definition) is 4. The number of carbonyl (C=O) groups excluding carboxylic acids is 2. The number of carbonyl (C=O) groups is 2. The van der Waals surface area contributed by atoms with Crippen LogP contribution in [0, 0.1) is 0 Å². The van der Waals surface area contributed by atoms with E-state index in [1.807, 2.05) is 54.6 Å². The van der Waals surface area contributed by atoms with E-state index in [9.17, 15) is 9.59 Å². The fraction of sp³-hybridized carbons (Fsp3) is 0.364. The van der Waals surface area contributed by atoms with Crippen molar-refractivity contribution in [2.24, 2.45) is 5.73 Å². The predicted octanol–water partition coefficient (Wildman–Crippen LogP) is 3.22. The number of halogens is 2. The zero-order valence-electron chi connectivity index (χ0n) is 16.9. The third-order valence-electron chi connectivity index (χ3n) is 5.79. The summed E-state index contributed by atoms with van der Waals surface area (Å²) in [6, 6.07) is 17.5. The molecule has 2 heterocycles. The molecule has 6 nitrogen and oxygen atoms in total. The lowest BCUT2D eigenvalue weighted by molar-refractivity contribution is -0.139. The highest BCUT2D eigenvalue weighted by Crippen LogP contribution is 2.36. The van der Waals surface area contributed by atoms with E-state index in [1.165, 1.54) is 0 Å². The van der Waals surface area contributed by atoms with Crippen molar-refractivity contribution < 1.29 is 9.59 Å². The molecule has 0 aromatic heterocycles. The van der Waals surface area contributed by atoms with Crippen molar-refractivity contribution >= 4 is 48.0 Å². The molecule has 1 spiro atoms. The average Bonchev–Trinajstić information content (AvgIpc) is 2.69. The first-order valence-electron chi connectivity index (χ1n) is 9.71. The zero-order valence-corrected chi connectivity index (χ0v) is 18.5. The Hall–Kier alpha value is -2.28. The van der Waals surface area contributed by atoms with Crippen LogP contribution < -0.4 is 16.4 Å². The van der Waals surface area contributed by atoms with E-state index in [2.05, 4.69) is 10.6 Å². The van der Waals surface area contributed by atoms with Crippen LogP contribution in [-0.2, 0) is 16.0 Å². The Balaban J connectivity index is 0.00000160. The van der Waals surface area contributed by atoms with Gasteiger partial charge in [-0.3, -0.25) is 9.59 Å². The molecule has 0 bridgehead atoms. The van der Waals surface area contributed by atoms with Crippen molar-refractivity contribution in [2.75, 3.05) is 23.7 Å². The molecule has 0 saturated carbocycles. The van der Waals surface area contributed by atoms with Crippen LogP contribution in [0.3, 0.4) is 0 Å². The quantitative estimate of drug-likeness (QED) is 0.669. The van der Waals surface area contributed by atoms with E-state index in [4.69, 9.17) is 5.73 Å². The normalized spacial score (nSPS) is 18.6. The summed E-state index contributed by atoms with van der Waals surface area (Å²) in [5, 5.41) is 6.42. The number of piperidine rings is 1. The highest BCUT2D eigenvalue weighted by molar-refractivity contribution is 6.06. The number of fused-ring (bicyclic) bond motifs is 1. The molecule has 2 amide bonds. The van der Waals surface area contributed by atoms with Gasteiger partial charge in [-0.25, -0.2) is 0 Å². The van der Waals surface area contributed by atoms with Crippen LogP contribution >= 0.6 is 24.8 Å². The number of amides is 2. The highest BCUT2D eigenvalue weighted by atomic mass is 35.5. The molecule has 8 heteroatoms. The number of anilines is 2. The number of benzene rings is 2. The predicted molar refractivity (Wildman–Crippen MR) is 124 cm³/mol. The van der Waals surface area contributed by atoms with Crippen molar-refractivity contribution in [1.29, 1.82) is 0 Å². The maximum absolute atomic E-state index is 13.1. The molecule has 0 aliphatic carbocycles. The first-order valence-corrected chi connectivity index (χ1v) is 9.71. The van der Waals surface area contributed by atoms with Crippen molar-refractivity contribution in [3.05, 3.63) is 60.2 Å². The van der Waals surface area contributed by atoms with E-state index < -0.39 is 11.1 Å². The van der Waals surface area contributed by atoms with Gasteiger partial charge in [0.15, 0.2) is 0 Å². The summed E-state index contributed by atoms with van der Waals surface area (Å²) in [6.45, 7) is 2.79. The molecule has 2 aliphatic heterocycles. The summed E-state index contributed by atoms with van der Waals surface area (Å²) >= 11 is 0. The van der Waals surface area contributed by atoms with Crippen LogP contribution in [0.5, 0.6) is 0 Å². The smallest absolute Gasteiger partial charge is 0.250 e. The van der Waals surface area contributed by atoms with Crippen LogP contribution in [-0.4, -0.2) is 40.9 Å². The maximum atomic E-state index is 13.1. The molecule has 2 aromatic carbocycles. The molecule has 30 heavy (non-hydrogen) atoms. The van der Waals surface area contributed by atoms with Crippen molar-refractivity contribution in [3.8, 4) is 0 Å². The lowest BCUT2D eigenvalue weighted by Gasteiger charge is -2.45. The SMILES string of the molecule is CC(N)(Cc1ccccc1)C(=O)N1CCC2(CC1)Nc1ccccc1NC2=O.Cl.Cl. The topological polar surface area (TPSA) is 87.5 Å². The summed E-state index contributed by atoms with van der Waals surface area (Å²) in [5.41, 5.74) is 7.52. The summed E-state index contributed by atoms with van der Waals surface area (Å²) < 4.78 is 0. The number of likely N-dealkylation sites (tertiary alicyclic amines) is 1. The van der Waals surface area contributed by atoms with Crippen LogP contribution in [0.25, 0.3) is 0 Å². The molecule has 0 radical (unpaired) electrons. The van der Waals surface area contributed by atoms with Gasteiger partial charge in [-0.05, 0) is 43.9 Å². The summed E-state index contributed by atoms with van der Waals surface area (Å²) in [4.78, 5) is 27.6. The number of nitrogens with two attached hydrogens (primary N) is 1. The second kappa shape index (κ2) is 9.25. The van der Waals surface area contributed by atoms with Crippen LogP contribution in [0.1, 0.15) is 25.3 Å². The second-order valence-electron chi connectivity index (χ2n) is 8.08. The molecule has 1 unspecified atom stereocenters. The third-order valence-corrected chi connectivity index (χ3v) is 5.79. The maximum Gasteiger partial charge on any atom is 0.250 e. The van der Waals surface area contributed by atoms with Crippen LogP contribution in [0.4, 0.5) is 11.4 Å². The van der Waals surface area contributed by atoms with E-state index in [0.717, 1.165) is 16.9 Å². The van der Waals surface area contributed by atoms with E-state index in [0.29, 0.717) is 32.4 Å². The minimum Gasteiger partial charge on any atom is -0.369 e. The number of para-hydroxylation sites is 2. The largest absolute Gasteiger partial charge is 0.369 e. The Kier molecular flexibility index (Phi) is 7.40. The van der Waals surface area contributed by atoms with Gasteiger partial charge in [0.1, 0.15) is 5.54 Å². The van der Waals surface area contributed by atoms with Crippen molar-refractivity contribution in [3.63, 3.8) is 0 Å². The van der Waals surface area contributed by atoms with Crippen LogP contribution in [0.15, 0.2) is 54.6 Å². The molecule has 4 N–H and O–H groups in total. The number of nitrogens with one attached hydrogen (secondary N) is 2. The Morgan fingerprint density at radius 1 is 1.03 bits per heavy atom. The Morgan fingerprint density at radius 3 is 2.23 bits per heavy atom. The number of rotatable bonds is 3. The van der Waals surface area contributed by atoms with E-state index in [1.54, 1.807) is 11.8 Å². The van der Waals surface area contributed by atoms with Gasteiger partial charge >= 0.3 is 0 Å². The summed E-state index contributed by atoms with van der Waals surface area (Å²) in [6.07, 6.45) is 1.60. The van der Waals surface area contributed by atoms with Gasteiger partial charge in [0, 0.05) is 13.1 Å². The Morgan fingerprint density at radius 2 is 1.60 bits per heavy atom. The summed E-state index contributed by atoms with van der Waals surface area (Å²) in [5.74, 6) is -0.0964. The van der Waals surface area contributed by atoms with Gasteiger partial charge in [0.05, 0.1) is 16.9 Å². The van der Waals surface area contributed by atoms with Gasteiger partial charge in [-0.2, -0.15) is 0 Å². The molecule has 1 saturated heterocycles. The minimum atomic E-state index is -0.972. The third kappa shape index (κ3) is 4.56. The van der Waals surface area contributed by atoms with Crippen molar-refractivity contribution in [1.82, 2.24) is 4.90 Å². The molecule has 162 valence electrons. The fourth-order valence-corrected chi connectivity index (χ4v) is 4.16. The van der Waals surface area contributed by atoms with Gasteiger partial charge in [0.25, 0.3) is 0 Å². The summed E-state index contributed by atoms with van der Waals surface area (Å²) in [7, 11) is 0. The van der Waals surface area contributed by atoms with Gasteiger partial charge < -0.3 is 21.3 Å². The fourth-order valence-electron chi connectivity index (χ4n) is 4.16. The minimum absolute atomic E-state index is 0. The lowest BCUT2D eigenvalue weighted by atomic mass is 9.83. The molecular formula is C22H28Cl2N4O2. The second-order valence-corrected chi connectivity index (χ2v) is 8.08. The van der Waals surface area contributed by atoms with Gasteiger partial charge in [-0.1, -0.05) is 42.5 Å². The average molecular weight is 451 g/mol. The Bertz CT molecular complexity index is 897. The first kappa shape index (κ1) is 24.0. The first-order chi connectivity index (χ1) is 13.4. The zero-order chi connectivity index (χ0) is 19.8. The number of hydrogen-bond donors (Lipinski definition) is 3. The number of nitrogens with zero attached hydrogens (tertiary/aromatic N) is 1. The molecule has 4 rings (SSSR count). The Labute approximate surface area is 189 Å². The van der Waals surface area contributed by atoms with E-state index in [-0.39, 0.29) is 36.6 Å². The lowest BCUT2D eigenvalue weighted by Crippen LogP contribution is -2.62. The molecule has 2 aromatic rings. The van der Waals surface area contributed by atoms with Gasteiger partial charge in [0.2, 0.25) is 11.8 Å². The monoisotopic (exact) mass is 450 g/mol. The molecule has 1 atom stereocenters. The standard InChI is InChI=1S/C22H26N4O2.2ClH/c1-21(23,15-16-7-3-2-4-8-16)20(28)26-13-11-22(12-14-26)19(27)24-17-9-5-6-10-18(17)25-22;;/h2-10,25H,11-15,23H2,1H3,(H,24,27);2*1H. The van der Waals surface area contributed by atoms with Gasteiger partial charge in [-0.15, -0.1) is 24.8 Å². The highest BCUT2D eigenvalue weighted by Gasteiger charge is 2.46. The van der Waals surface area contributed by atoms with Crippen molar-refractivity contribution in [2.45, 2.75) is 37.3 Å². The van der Waals surface area contributed by atoms with E-state index >= 15 is 0 Å². The molecular weight excluding hydrogens is 423 g/mol. The molecule has 1 fully saturated rings.